The zero-order valence-corrected chi connectivity index (χ0v) is 29.2. The second-order valence-corrected chi connectivity index (χ2v) is 15.8. The predicted octanol–water partition coefficient (Wildman–Crippen LogP) is 6.30. The van der Waals surface area contributed by atoms with E-state index in [0.29, 0.717) is 19.0 Å². The maximum absolute atomic E-state index is 13.6. The van der Waals surface area contributed by atoms with Crippen molar-refractivity contribution in [1.82, 2.24) is 4.90 Å². The van der Waals surface area contributed by atoms with Crippen molar-refractivity contribution in [3.8, 4) is 0 Å². The first-order valence-electron chi connectivity index (χ1n) is 15.3. The van der Waals surface area contributed by atoms with E-state index in [0.717, 1.165) is 18.6 Å². The van der Waals surface area contributed by atoms with Crippen LogP contribution in [0.2, 0.25) is 0 Å². The lowest BCUT2D eigenvalue weighted by atomic mass is 9.63. The number of esters is 2. The summed E-state index contributed by atoms with van der Waals surface area (Å²) >= 11 is 0. The largest absolute Gasteiger partial charge is 0.465 e. The van der Waals surface area contributed by atoms with Gasteiger partial charge in [-0.3, -0.25) is 33.9 Å². The highest BCUT2D eigenvalue weighted by Crippen LogP contribution is 2.47. The Morgan fingerprint density at radius 2 is 1.42 bits per heavy atom. The molecule has 0 aliphatic rings. The van der Waals surface area contributed by atoms with Crippen molar-refractivity contribution in [1.29, 1.82) is 0 Å². The molecule has 0 spiro atoms. The van der Waals surface area contributed by atoms with Gasteiger partial charge in [0.25, 0.3) is 5.69 Å². The van der Waals surface area contributed by atoms with Gasteiger partial charge in [-0.2, -0.15) is 0 Å². The van der Waals surface area contributed by atoms with Crippen molar-refractivity contribution in [3.63, 3.8) is 0 Å². The monoisotopic (exact) mass is 654 g/mol. The van der Waals surface area contributed by atoms with Crippen LogP contribution in [0, 0.1) is 26.4 Å². The van der Waals surface area contributed by atoms with E-state index in [2.05, 4.69) is 0 Å². The van der Waals surface area contributed by atoms with Crippen LogP contribution in [-0.2, 0) is 32.9 Å². The molecular weight excluding hydrogens is 603 g/mol. The van der Waals surface area contributed by atoms with E-state index in [-0.39, 0.29) is 50.2 Å². The minimum absolute atomic E-state index is 0.00621. The van der Waals surface area contributed by atoms with Crippen LogP contribution in [0.15, 0.2) is 24.3 Å². The minimum Gasteiger partial charge on any atom is -0.465 e. The number of non-ortho nitro benzene ring substituents is 1. The van der Waals surface area contributed by atoms with E-state index in [1.54, 1.807) is 60.5 Å². The van der Waals surface area contributed by atoms with E-state index in [1.165, 1.54) is 12.1 Å². The lowest BCUT2D eigenvalue weighted by Crippen LogP contribution is -2.45. The van der Waals surface area contributed by atoms with Crippen molar-refractivity contribution in [2.75, 3.05) is 46.4 Å². The van der Waals surface area contributed by atoms with Gasteiger partial charge in [-0.25, -0.2) is 0 Å². The van der Waals surface area contributed by atoms with Crippen molar-refractivity contribution in [2.24, 2.45) is 16.2 Å². The molecule has 0 bridgehead atoms. The van der Waals surface area contributed by atoms with E-state index < -0.39 is 52.0 Å². The standard InChI is InChI=1S/C32H51N2O10P/c1-10-13-18-42-29(38)32(7,21-30(4,5)27(36)26(35)24-14-16-25(17-15-24)34(39)40)22-31(6,11-2)28(37)43-19-20-44-45(41,12-3)23-33(8)9/h14-17H,10-13,18-23H2,1-9H3. The molecule has 0 fully saturated rings. The maximum Gasteiger partial charge on any atom is 0.311 e. The fourth-order valence-electron chi connectivity index (χ4n) is 5.30. The molecule has 1 rings (SSSR count). The quantitative estimate of drug-likeness (QED) is 0.0279. The number of nitrogens with zero attached hydrogens (tertiary/aromatic N) is 2. The average molecular weight is 655 g/mol. The number of ether oxygens (including phenoxy) is 2. The van der Waals surface area contributed by atoms with Crippen LogP contribution in [0.1, 0.15) is 90.9 Å². The van der Waals surface area contributed by atoms with Gasteiger partial charge >= 0.3 is 11.9 Å². The third kappa shape index (κ3) is 11.7. The fraction of sp³-hybridized carbons (Fsp3) is 0.688. The third-order valence-corrected chi connectivity index (χ3v) is 10.5. The van der Waals surface area contributed by atoms with Crippen molar-refractivity contribution in [2.45, 2.75) is 80.6 Å². The van der Waals surface area contributed by atoms with Crippen LogP contribution in [0.3, 0.4) is 0 Å². The molecule has 0 aromatic heterocycles. The number of ketones is 2. The molecule has 1 aromatic carbocycles. The number of rotatable bonds is 21. The SMILES string of the molecule is CCCCOC(=O)C(C)(CC(C)(C)C(=O)C(=O)c1ccc([N+](=O)[O-])cc1)CC(C)(CC)C(=O)OCCOP(=O)(CC)CN(C)C. The number of carbonyl (C=O) groups is 4. The Morgan fingerprint density at radius 3 is 1.91 bits per heavy atom. The van der Waals surface area contributed by atoms with Gasteiger partial charge in [0.2, 0.25) is 18.9 Å². The highest BCUT2D eigenvalue weighted by atomic mass is 31.2. The summed E-state index contributed by atoms with van der Waals surface area (Å²) in [6.07, 6.45) is 2.18. The predicted molar refractivity (Wildman–Crippen MR) is 171 cm³/mol. The third-order valence-electron chi connectivity index (χ3n) is 7.89. The van der Waals surface area contributed by atoms with Crippen LogP contribution in [-0.4, -0.2) is 79.7 Å². The van der Waals surface area contributed by atoms with Crippen molar-refractivity contribution in [3.05, 3.63) is 39.9 Å². The number of hydrogen-bond acceptors (Lipinski definition) is 11. The smallest absolute Gasteiger partial charge is 0.311 e. The van der Waals surface area contributed by atoms with Crippen LogP contribution < -0.4 is 0 Å². The second-order valence-electron chi connectivity index (χ2n) is 13.0. The minimum atomic E-state index is -2.91. The maximum atomic E-state index is 13.6. The van der Waals surface area contributed by atoms with Gasteiger partial charge in [0.15, 0.2) is 0 Å². The highest BCUT2D eigenvalue weighted by Gasteiger charge is 2.50. The van der Waals surface area contributed by atoms with Gasteiger partial charge in [-0.05, 0) is 65.8 Å². The fourth-order valence-corrected chi connectivity index (χ4v) is 7.03. The molecule has 0 aliphatic carbocycles. The summed E-state index contributed by atoms with van der Waals surface area (Å²) in [5, 5.41) is 11.0. The first kappa shape index (κ1) is 40.1. The molecule has 0 saturated heterocycles. The van der Waals surface area contributed by atoms with Gasteiger partial charge in [-0.1, -0.05) is 41.0 Å². The van der Waals surface area contributed by atoms with Gasteiger partial charge < -0.3 is 18.9 Å². The van der Waals surface area contributed by atoms with E-state index in [9.17, 15) is 33.9 Å². The van der Waals surface area contributed by atoms with Crippen LogP contribution in [0.4, 0.5) is 5.69 Å². The first-order valence-corrected chi connectivity index (χ1v) is 17.3. The number of carbonyl (C=O) groups excluding carboxylic acids is 4. The Balaban J connectivity index is 3.22. The molecule has 45 heavy (non-hydrogen) atoms. The summed E-state index contributed by atoms with van der Waals surface area (Å²) in [4.78, 5) is 65.8. The van der Waals surface area contributed by atoms with Crippen molar-refractivity contribution < 1.29 is 42.7 Å². The summed E-state index contributed by atoms with van der Waals surface area (Å²) in [5.74, 6) is -2.79. The van der Waals surface area contributed by atoms with Gasteiger partial charge in [-0.15, -0.1) is 0 Å². The summed E-state index contributed by atoms with van der Waals surface area (Å²) in [7, 11) is 0.679. The topological polar surface area (TPSA) is 159 Å². The lowest BCUT2D eigenvalue weighted by Gasteiger charge is -2.39. The number of hydrogen-bond donors (Lipinski definition) is 0. The summed E-state index contributed by atoms with van der Waals surface area (Å²) < 4.78 is 29.6. The molecule has 1 aromatic rings. The van der Waals surface area contributed by atoms with Gasteiger partial charge in [0, 0.05) is 29.3 Å². The molecule has 0 heterocycles. The highest BCUT2D eigenvalue weighted by molar-refractivity contribution is 7.58. The van der Waals surface area contributed by atoms with Crippen LogP contribution in [0.25, 0.3) is 0 Å². The molecule has 0 N–H and O–H groups in total. The second kappa shape index (κ2) is 17.1. The zero-order valence-electron chi connectivity index (χ0n) is 28.3. The molecule has 3 atom stereocenters. The Morgan fingerprint density at radius 1 is 0.867 bits per heavy atom. The molecule has 0 aliphatic heterocycles. The average Bonchev–Trinajstić information content (AvgIpc) is 2.97. The van der Waals surface area contributed by atoms with Gasteiger partial charge in [0.05, 0.1) is 35.3 Å². The molecule has 0 amide bonds. The first-order chi connectivity index (χ1) is 20.8. The lowest BCUT2D eigenvalue weighted by molar-refractivity contribution is -0.384. The molecule has 0 saturated carbocycles. The Hall–Kier alpha value is -2.95. The van der Waals surface area contributed by atoms with E-state index in [1.807, 2.05) is 6.92 Å². The number of unbranched alkanes of at least 4 members (excludes halogenated alkanes) is 1. The van der Waals surface area contributed by atoms with Crippen molar-refractivity contribution >= 4 is 36.6 Å². The van der Waals surface area contributed by atoms with Crippen LogP contribution in [0.5, 0.6) is 0 Å². The normalized spacial score (nSPS) is 15.8. The summed E-state index contributed by atoms with van der Waals surface area (Å²) in [5.41, 5.74) is -4.12. The summed E-state index contributed by atoms with van der Waals surface area (Å²) in [6.45, 7) is 11.9. The number of Topliss-reactive ketones (excluding diaryl/α,β-unsaturated/α-hetero) is 2. The molecule has 12 nitrogen and oxygen atoms in total. The zero-order chi connectivity index (χ0) is 34.6. The van der Waals surface area contributed by atoms with Crippen LogP contribution >= 0.6 is 7.37 Å². The van der Waals surface area contributed by atoms with E-state index >= 15 is 0 Å². The van der Waals surface area contributed by atoms with Gasteiger partial charge in [0.1, 0.15) is 6.61 Å². The Kier molecular flexibility index (Phi) is 15.2. The Labute approximate surface area is 267 Å². The molecule has 13 heteroatoms. The Bertz CT molecular complexity index is 1250. The molecule has 254 valence electrons. The summed E-state index contributed by atoms with van der Waals surface area (Å²) in [6, 6.07) is 4.74. The van der Waals surface area contributed by atoms with E-state index in [4.69, 9.17) is 14.0 Å². The number of benzene rings is 1. The molecule has 3 unspecified atom stereocenters. The number of nitro groups is 1. The molecular formula is C32H51N2O10P. The number of nitro benzene ring substituents is 1. The molecule has 0 radical (unpaired) electrons.